The number of anilines is 1. The number of nitrogens with two attached hydrogens (primary N) is 1. The van der Waals surface area contributed by atoms with Gasteiger partial charge in [-0.3, -0.25) is 0 Å². The van der Waals surface area contributed by atoms with Gasteiger partial charge in [-0.05, 0) is 19.4 Å². The molecule has 0 aliphatic carbocycles. The van der Waals surface area contributed by atoms with Crippen LogP contribution in [0.2, 0.25) is 0 Å². The molecule has 0 aromatic carbocycles. The minimum atomic E-state index is 0.348. The number of nitrogen functional groups attached to an aromatic ring is 1. The number of nitrogens with zero attached hydrogens (tertiary/aromatic N) is 5. The molecular weight excluding hydrogens is 264 g/mol. The molecule has 2 N–H and O–H groups in total. The predicted octanol–water partition coefficient (Wildman–Crippen LogP) is 1.85. The topological polar surface area (TPSA) is 104 Å². The van der Waals surface area contributed by atoms with Crippen molar-refractivity contribution in [2.24, 2.45) is 0 Å². The van der Waals surface area contributed by atoms with Gasteiger partial charge in [0.15, 0.2) is 5.13 Å². The Morgan fingerprint density at radius 2 is 1.84 bits per heavy atom. The van der Waals surface area contributed by atoms with Crippen molar-refractivity contribution in [1.29, 1.82) is 0 Å². The first kappa shape index (κ1) is 11.7. The van der Waals surface area contributed by atoms with Gasteiger partial charge in [-0.1, -0.05) is 16.5 Å². The van der Waals surface area contributed by atoms with E-state index in [0.29, 0.717) is 22.7 Å². The zero-order valence-electron chi connectivity index (χ0n) is 10.3. The molecule has 0 fully saturated rings. The van der Waals surface area contributed by atoms with Crippen LogP contribution in [0.15, 0.2) is 16.9 Å². The van der Waals surface area contributed by atoms with Crippen molar-refractivity contribution in [1.82, 2.24) is 25.1 Å². The quantitative estimate of drug-likeness (QED) is 0.760. The van der Waals surface area contributed by atoms with E-state index in [1.165, 1.54) is 11.3 Å². The number of thiazole rings is 1. The van der Waals surface area contributed by atoms with Gasteiger partial charge in [0.05, 0.1) is 5.69 Å². The Kier molecular flexibility index (Phi) is 2.71. The SMILES string of the molecule is Cc1cnc(-c2noc(-c3sc(N)nc3C)n2)nc1. The Hall–Kier alpha value is -2.35. The van der Waals surface area contributed by atoms with Crippen molar-refractivity contribution in [3.8, 4) is 22.4 Å². The van der Waals surface area contributed by atoms with Gasteiger partial charge >= 0.3 is 0 Å². The Bertz CT molecular complexity index is 717. The maximum absolute atomic E-state index is 5.64. The maximum Gasteiger partial charge on any atom is 0.270 e. The molecule has 19 heavy (non-hydrogen) atoms. The number of hydrogen-bond donors (Lipinski definition) is 1. The van der Waals surface area contributed by atoms with Gasteiger partial charge in [0.2, 0.25) is 11.6 Å². The Morgan fingerprint density at radius 1 is 1.11 bits per heavy atom. The van der Waals surface area contributed by atoms with Crippen molar-refractivity contribution in [3.63, 3.8) is 0 Å². The molecule has 96 valence electrons. The lowest BCUT2D eigenvalue weighted by atomic mass is 10.4. The number of aryl methyl sites for hydroxylation is 2. The average molecular weight is 274 g/mol. The predicted molar refractivity (Wildman–Crippen MR) is 70.3 cm³/mol. The summed E-state index contributed by atoms with van der Waals surface area (Å²) in [6.45, 7) is 3.75. The summed E-state index contributed by atoms with van der Waals surface area (Å²) in [5, 5.41) is 4.34. The molecule has 3 aromatic heterocycles. The highest BCUT2D eigenvalue weighted by molar-refractivity contribution is 7.18. The van der Waals surface area contributed by atoms with Crippen LogP contribution in [0, 0.1) is 13.8 Å². The molecule has 0 saturated heterocycles. The second-order valence-corrected chi connectivity index (χ2v) is 5.00. The molecule has 0 atom stereocenters. The molecule has 3 rings (SSSR count). The molecule has 8 heteroatoms. The summed E-state index contributed by atoms with van der Waals surface area (Å²) in [6.07, 6.45) is 3.41. The minimum absolute atomic E-state index is 0.348. The fraction of sp³-hybridized carbons (Fsp3) is 0.182. The summed E-state index contributed by atoms with van der Waals surface area (Å²) in [6, 6.07) is 0. The van der Waals surface area contributed by atoms with Crippen LogP contribution in [-0.4, -0.2) is 25.1 Å². The van der Waals surface area contributed by atoms with Crippen LogP contribution in [0.1, 0.15) is 11.3 Å². The van der Waals surface area contributed by atoms with E-state index < -0.39 is 0 Å². The first-order valence-corrected chi connectivity index (χ1v) is 6.31. The smallest absolute Gasteiger partial charge is 0.270 e. The van der Waals surface area contributed by atoms with Gasteiger partial charge in [-0.15, -0.1) is 0 Å². The van der Waals surface area contributed by atoms with E-state index in [9.17, 15) is 0 Å². The fourth-order valence-corrected chi connectivity index (χ4v) is 2.29. The highest BCUT2D eigenvalue weighted by atomic mass is 32.1. The first-order valence-electron chi connectivity index (χ1n) is 5.49. The summed E-state index contributed by atoms with van der Waals surface area (Å²) in [5.41, 5.74) is 7.38. The molecule has 7 nitrogen and oxygen atoms in total. The van der Waals surface area contributed by atoms with Crippen molar-refractivity contribution in [3.05, 3.63) is 23.7 Å². The monoisotopic (exact) mass is 274 g/mol. The van der Waals surface area contributed by atoms with E-state index in [2.05, 4.69) is 25.1 Å². The third-order valence-electron chi connectivity index (χ3n) is 2.41. The second kappa shape index (κ2) is 4.39. The molecule has 0 amide bonds. The molecule has 3 heterocycles. The van der Waals surface area contributed by atoms with Gasteiger partial charge in [0, 0.05) is 12.4 Å². The molecule has 3 aromatic rings. The van der Waals surface area contributed by atoms with Gasteiger partial charge in [-0.2, -0.15) is 4.98 Å². The fourth-order valence-electron chi connectivity index (χ4n) is 1.53. The first-order chi connectivity index (χ1) is 9.13. The van der Waals surface area contributed by atoms with Crippen LogP contribution in [0.4, 0.5) is 5.13 Å². The Balaban J connectivity index is 1.99. The van der Waals surface area contributed by atoms with E-state index in [1.54, 1.807) is 12.4 Å². The van der Waals surface area contributed by atoms with Crippen molar-refractivity contribution in [2.75, 3.05) is 5.73 Å². The Labute approximate surface area is 112 Å². The summed E-state index contributed by atoms with van der Waals surface area (Å²) < 4.78 is 5.20. The summed E-state index contributed by atoms with van der Waals surface area (Å²) in [5.74, 6) is 1.16. The van der Waals surface area contributed by atoms with Crippen LogP contribution in [-0.2, 0) is 0 Å². The zero-order valence-corrected chi connectivity index (χ0v) is 11.1. The van der Waals surface area contributed by atoms with Crippen molar-refractivity contribution in [2.45, 2.75) is 13.8 Å². The summed E-state index contributed by atoms with van der Waals surface area (Å²) in [7, 11) is 0. The highest BCUT2D eigenvalue weighted by Crippen LogP contribution is 2.30. The lowest BCUT2D eigenvalue weighted by molar-refractivity contribution is 0.432. The van der Waals surface area contributed by atoms with Gasteiger partial charge in [-0.25, -0.2) is 15.0 Å². The number of aromatic nitrogens is 5. The standard InChI is InChI=1S/C11H10N6OS/c1-5-3-13-8(14-4-5)9-16-10(18-17-9)7-6(2)15-11(12)19-7/h3-4H,1-2H3,(H2,12,15). The van der Waals surface area contributed by atoms with E-state index in [1.807, 2.05) is 13.8 Å². The van der Waals surface area contributed by atoms with Crippen LogP contribution >= 0.6 is 11.3 Å². The third-order valence-corrected chi connectivity index (χ3v) is 3.39. The van der Waals surface area contributed by atoms with Crippen LogP contribution < -0.4 is 5.73 Å². The molecule has 0 saturated carbocycles. The lowest BCUT2D eigenvalue weighted by Gasteiger charge is -1.92. The van der Waals surface area contributed by atoms with Crippen LogP contribution in [0.5, 0.6) is 0 Å². The van der Waals surface area contributed by atoms with E-state index in [0.717, 1.165) is 16.1 Å². The lowest BCUT2D eigenvalue weighted by Crippen LogP contribution is -1.90. The van der Waals surface area contributed by atoms with Gasteiger partial charge in [0.25, 0.3) is 5.89 Å². The summed E-state index contributed by atoms with van der Waals surface area (Å²) >= 11 is 1.31. The minimum Gasteiger partial charge on any atom is -0.375 e. The number of hydrogen-bond acceptors (Lipinski definition) is 8. The molecule has 0 spiro atoms. The van der Waals surface area contributed by atoms with E-state index in [4.69, 9.17) is 10.3 Å². The van der Waals surface area contributed by atoms with Crippen molar-refractivity contribution >= 4 is 16.5 Å². The second-order valence-electron chi connectivity index (χ2n) is 3.97. The molecule has 0 bridgehead atoms. The van der Waals surface area contributed by atoms with Crippen molar-refractivity contribution < 1.29 is 4.52 Å². The normalized spacial score (nSPS) is 10.8. The Morgan fingerprint density at radius 3 is 2.47 bits per heavy atom. The third kappa shape index (κ3) is 2.17. The number of rotatable bonds is 2. The van der Waals surface area contributed by atoms with Gasteiger partial charge < -0.3 is 10.3 Å². The molecule has 0 radical (unpaired) electrons. The molecule has 0 aliphatic heterocycles. The van der Waals surface area contributed by atoms with E-state index in [-0.39, 0.29) is 0 Å². The molecular formula is C11H10N6OS. The van der Waals surface area contributed by atoms with Gasteiger partial charge in [0.1, 0.15) is 4.88 Å². The van der Waals surface area contributed by atoms with Crippen LogP contribution in [0.25, 0.3) is 22.4 Å². The molecule has 0 unspecified atom stereocenters. The average Bonchev–Trinajstić information content (AvgIpc) is 2.97. The zero-order chi connectivity index (χ0) is 13.4. The highest BCUT2D eigenvalue weighted by Gasteiger charge is 2.17. The largest absolute Gasteiger partial charge is 0.375 e. The van der Waals surface area contributed by atoms with Crippen LogP contribution in [0.3, 0.4) is 0 Å². The summed E-state index contributed by atoms with van der Waals surface area (Å²) in [4.78, 5) is 17.5. The maximum atomic E-state index is 5.64. The molecule has 0 aliphatic rings. The van der Waals surface area contributed by atoms with E-state index >= 15 is 0 Å².